The number of piperidine rings is 1. The average molecular weight is 348 g/mol. The molecule has 4 nitrogen and oxygen atoms in total. The second kappa shape index (κ2) is 8.16. The Kier molecular flexibility index (Phi) is 5.70. The number of carbonyl (C=O) groups excluding carboxylic acids is 1. The van der Waals surface area contributed by atoms with Crippen LogP contribution in [0, 0.1) is 24.2 Å². The van der Waals surface area contributed by atoms with Gasteiger partial charge in [0, 0.05) is 25.8 Å². The third-order valence-electron chi connectivity index (χ3n) is 5.01. The van der Waals surface area contributed by atoms with E-state index >= 15 is 0 Å². The zero-order valence-corrected chi connectivity index (χ0v) is 15.4. The summed E-state index contributed by atoms with van der Waals surface area (Å²) in [7, 11) is 1.71. The Morgan fingerprint density at radius 1 is 1.27 bits per heavy atom. The van der Waals surface area contributed by atoms with Gasteiger partial charge in [0.25, 0.3) is 5.91 Å². The lowest BCUT2D eigenvalue weighted by molar-refractivity contribution is 0.0571. The summed E-state index contributed by atoms with van der Waals surface area (Å²) >= 11 is 0. The number of methoxy groups -OCH3 is 1. The fourth-order valence-electron chi connectivity index (χ4n) is 3.65. The number of likely N-dealkylation sites (tertiary alicyclic amines) is 1. The molecule has 1 fully saturated rings. The standard InChI is InChI=1S/C22H24N2O2/c1-16-12-17(13-23)5-10-21(16)19-6-8-20(9-7-19)22(25)24-11-3-4-18(14-24)15-26-2/h5-10,12,18H,3-4,11,14-15H2,1-2H3/t18-/m1/s1. The summed E-state index contributed by atoms with van der Waals surface area (Å²) in [5, 5.41) is 9.00. The second-order valence-electron chi connectivity index (χ2n) is 6.93. The Hall–Kier alpha value is -2.64. The lowest BCUT2D eigenvalue weighted by Crippen LogP contribution is -2.41. The van der Waals surface area contributed by atoms with Crippen molar-refractivity contribution < 1.29 is 9.53 Å². The van der Waals surface area contributed by atoms with Crippen molar-refractivity contribution >= 4 is 5.91 Å². The zero-order valence-electron chi connectivity index (χ0n) is 15.4. The van der Waals surface area contributed by atoms with Gasteiger partial charge in [-0.15, -0.1) is 0 Å². The van der Waals surface area contributed by atoms with Crippen molar-refractivity contribution in [3.8, 4) is 17.2 Å². The van der Waals surface area contributed by atoms with E-state index in [9.17, 15) is 4.79 Å². The van der Waals surface area contributed by atoms with Crippen LogP contribution >= 0.6 is 0 Å². The highest BCUT2D eigenvalue weighted by molar-refractivity contribution is 5.94. The maximum Gasteiger partial charge on any atom is 0.253 e. The van der Waals surface area contributed by atoms with Gasteiger partial charge in [-0.25, -0.2) is 0 Å². The number of nitriles is 1. The fourth-order valence-corrected chi connectivity index (χ4v) is 3.65. The van der Waals surface area contributed by atoms with E-state index in [0.717, 1.165) is 48.2 Å². The molecule has 0 spiro atoms. The molecular formula is C22H24N2O2. The molecule has 0 radical (unpaired) electrons. The smallest absolute Gasteiger partial charge is 0.253 e. The summed E-state index contributed by atoms with van der Waals surface area (Å²) in [6, 6.07) is 15.6. The van der Waals surface area contributed by atoms with Crippen molar-refractivity contribution in [2.24, 2.45) is 5.92 Å². The van der Waals surface area contributed by atoms with Gasteiger partial charge in [-0.1, -0.05) is 18.2 Å². The number of carbonyl (C=O) groups is 1. The van der Waals surface area contributed by atoms with Gasteiger partial charge in [0.15, 0.2) is 0 Å². The minimum atomic E-state index is 0.0916. The lowest BCUT2D eigenvalue weighted by Gasteiger charge is -2.32. The molecule has 2 aromatic carbocycles. The summed E-state index contributed by atoms with van der Waals surface area (Å²) < 4.78 is 5.25. The van der Waals surface area contributed by atoms with Crippen molar-refractivity contribution in [1.82, 2.24) is 4.90 Å². The highest BCUT2D eigenvalue weighted by Crippen LogP contribution is 2.25. The molecule has 2 aromatic rings. The van der Waals surface area contributed by atoms with E-state index in [1.54, 1.807) is 7.11 Å². The van der Waals surface area contributed by atoms with Crippen LogP contribution in [0.5, 0.6) is 0 Å². The molecule has 1 aliphatic heterocycles. The number of rotatable bonds is 4. The van der Waals surface area contributed by atoms with Crippen LogP contribution in [0.25, 0.3) is 11.1 Å². The third kappa shape index (κ3) is 3.95. The van der Waals surface area contributed by atoms with Crippen LogP contribution in [-0.4, -0.2) is 37.6 Å². The molecule has 0 bridgehead atoms. The average Bonchev–Trinajstić information content (AvgIpc) is 2.68. The Morgan fingerprint density at radius 3 is 2.69 bits per heavy atom. The highest BCUT2D eigenvalue weighted by atomic mass is 16.5. The van der Waals surface area contributed by atoms with Gasteiger partial charge in [0.05, 0.1) is 18.2 Å². The monoisotopic (exact) mass is 348 g/mol. The normalized spacial score (nSPS) is 17.0. The zero-order chi connectivity index (χ0) is 18.5. The minimum Gasteiger partial charge on any atom is -0.384 e. The Bertz CT molecular complexity index is 819. The highest BCUT2D eigenvalue weighted by Gasteiger charge is 2.24. The molecule has 1 atom stereocenters. The molecule has 0 aliphatic carbocycles. The molecule has 26 heavy (non-hydrogen) atoms. The van der Waals surface area contributed by atoms with E-state index in [-0.39, 0.29) is 5.91 Å². The SMILES string of the molecule is COC[C@@H]1CCCN(C(=O)c2ccc(-c3ccc(C#N)cc3C)cc2)C1. The summed E-state index contributed by atoms with van der Waals surface area (Å²) in [5.74, 6) is 0.521. The van der Waals surface area contributed by atoms with Crippen LogP contribution in [-0.2, 0) is 4.74 Å². The van der Waals surface area contributed by atoms with Crippen LogP contribution in [0.1, 0.15) is 34.3 Å². The van der Waals surface area contributed by atoms with E-state index < -0.39 is 0 Å². The van der Waals surface area contributed by atoms with Crippen LogP contribution in [0.4, 0.5) is 0 Å². The van der Waals surface area contributed by atoms with E-state index in [4.69, 9.17) is 10.00 Å². The molecule has 1 heterocycles. The van der Waals surface area contributed by atoms with Crippen molar-refractivity contribution in [1.29, 1.82) is 5.26 Å². The molecule has 134 valence electrons. The number of amides is 1. The van der Waals surface area contributed by atoms with Gasteiger partial charge >= 0.3 is 0 Å². The van der Waals surface area contributed by atoms with Gasteiger partial charge in [0.1, 0.15) is 0 Å². The predicted molar refractivity (Wildman–Crippen MR) is 102 cm³/mol. The first-order valence-corrected chi connectivity index (χ1v) is 9.01. The topological polar surface area (TPSA) is 53.3 Å². The quantitative estimate of drug-likeness (QED) is 0.838. The summed E-state index contributed by atoms with van der Waals surface area (Å²) in [5.41, 5.74) is 4.58. The Balaban J connectivity index is 1.75. The first-order valence-electron chi connectivity index (χ1n) is 9.01. The maximum absolute atomic E-state index is 12.8. The number of ether oxygens (including phenoxy) is 1. The van der Waals surface area contributed by atoms with Crippen LogP contribution < -0.4 is 0 Å². The van der Waals surface area contributed by atoms with Crippen LogP contribution in [0.15, 0.2) is 42.5 Å². The summed E-state index contributed by atoms with van der Waals surface area (Å²) in [4.78, 5) is 14.7. The van der Waals surface area contributed by atoms with E-state index in [1.165, 1.54) is 0 Å². The first-order chi connectivity index (χ1) is 12.6. The van der Waals surface area contributed by atoms with Crippen LogP contribution in [0.2, 0.25) is 0 Å². The molecule has 0 aromatic heterocycles. The van der Waals surface area contributed by atoms with Crippen molar-refractivity contribution in [3.05, 3.63) is 59.2 Å². The fraction of sp³-hybridized carbons (Fsp3) is 0.364. The van der Waals surface area contributed by atoms with Gasteiger partial charge in [-0.3, -0.25) is 4.79 Å². The minimum absolute atomic E-state index is 0.0916. The van der Waals surface area contributed by atoms with Crippen molar-refractivity contribution in [3.63, 3.8) is 0 Å². The molecule has 4 heteroatoms. The first kappa shape index (κ1) is 18.2. The van der Waals surface area contributed by atoms with Gasteiger partial charge in [-0.05, 0) is 66.6 Å². The van der Waals surface area contributed by atoms with E-state index in [2.05, 4.69) is 6.07 Å². The number of benzene rings is 2. The Labute approximate surface area is 155 Å². The number of aryl methyl sites for hydroxylation is 1. The molecule has 1 amide bonds. The predicted octanol–water partition coefficient (Wildman–Crippen LogP) is 4.03. The van der Waals surface area contributed by atoms with Crippen LogP contribution in [0.3, 0.4) is 0 Å². The van der Waals surface area contributed by atoms with E-state index in [0.29, 0.717) is 18.1 Å². The van der Waals surface area contributed by atoms with Crippen molar-refractivity contribution in [2.75, 3.05) is 26.8 Å². The molecule has 1 aliphatic rings. The van der Waals surface area contributed by atoms with Gasteiger partial charge in [-0.2, -0.15) is 5.26 Å². The lowest BCUT2D eigenvalue weighted by atomic mass is 9.96. The molecule has 0 unspecified atom stereocenters. The summed E-state index contributed by atoms with van der Waals surface area (Å²) in [6.07, 6.45) is 2.15. The van der Waals surface area contributed by atoms with E-state index in [1.807, 2.05) is 54.3 Å². The Morgan fingerprint density at radius 2 is 2.04 bits per heavy atom. The largest absolute Gasteiger partial charge is 0.384 e. The summed E-state index contributed by atoms with van der Waals surface area (Å²) in [6.45, 7) is 4.29. The molecule has 1 saturated heterocycles. The molecular weight excluding hydrogens is 324 g/mol. The molecule has 3 rings (SSSR count). The van der Waals surface area contributed by atoms with Gasteiger partial charge in [0.2, 0.25) is 0 Å². The number of nitrogens with zero attached hydrogens (tertiary/aromatic N) is 2. The maximum atomic E-state index is 12.8. The molecule has 0 N–H and O–H groups in total. The molecule has 0 saturated carbocycles. The number of hydrogen-bond donors (Lipinski definition) is 0. The van der Waals surface area contributed by atoms with Gasteiger partial charge < -0.3 is 9.64 Å². The second-order valence-corrected chi connectivity index (χ2v) is 6.93. The number of hydrogen-bond acceptors (Lipinski definition) is 3. The van der Waals surface area contributed by atoms with Crippen molar-refractivity contribution in [2.45, 2.75) is 19.8 Å². The third-order valence-corrected chi connectivity index (χ3v) is 5.01.